The van der Waals surface area contributed by atoms with E-state index >= 15 is 0 Å². The van der Waals surface area contributed by atoms with Gasteiger partial charge in [0.2, 0.25) is 0 Å². The zero-order chi connectivity index (χ0) is 12.1. The molecule has 0 aromatic heterocycles. The van der Waals surface area contributed by atoms with Gasteiger partial charge in [0.1, 0.15) is 5.69 Å². The van der Waals surface area contributed by atoms with E-state index in [1.54, 1.807) is 26.0 Å². The molecule has 0 aliphatic rings. The number of carbonyl (C=O) groups excluding carboxylic acids is 1. The predicted octanol–water partition coefficient (Wildman–Crippen LogP) is 2.47. The lowest BCUT2D eigenvalue weighted by molar-refractivity contribution is -0.384. The number of nitro benzene ring substituents is 1. The first-order chi connectivity index (χ1) is 7.56. The van der Waals surface area contributed by atoms with Crippen molar-refractivity contribution < 1.29 is 14.5 Å². The Kier molecular flexibility index (Phi) is 3.82. The van der Waals surface area contributed by atoms with Crippen LogP contribution in [-0.2, 0) is 4.74 Å². The van der Waals surface area contributed by atoms with Gasteiger partial charge >= 0.3 is 6.09 Å². The number of nitrogens with zero attached hydrogens (tertiary/aromatic N) is 1. The monoisotopic (exact) mass is 224 g/mol. The minimum absolute atomic E-state index is 0.145. The highest BCUT2D eigenvalue weighted by Gasteiger charge is 2.17. The van der Waals surface area contributed by atoms with Crippen LogP contribution in [0.3, 0.4) is 0 Å². The number of ether oxygens (including phenoxy) is 1. The number of nitrogens with one attached hydrogen (secondary N) is 1. The fourth-order valence-corrected chi connectivity index (χ4v) is 1.24. The number of rotatable bonds is 3. The number of para-hydroxylation sites is 1. The van der Waals surface area contributed by atoms with Gasteiger partial charge in [0.25, 0.3) is 5.69 Å². The van der Waals surface area contributed by atoms with Gasteiger partial charge in [-0.2, -0.15) is 0 Å². The van der Waals surface area contributed by atoms with E-state index in [0.717, 1.165) is 0 Å². The van der Waals surface area contributed by atoms with Crippen molar-refractivity contribution >= 4 is 17.5 Å². The largest absolute Gasteiger partial charge is 0.450 e. The number of nitro groups is 1. The van der Waals surface area contributed by atoms with Crippen LogP contribution in [0.4, 0.5) is 16.2 Å². The second-order valence-electron chi connectivity index (χ2n) is 3.07. The number of hydrogen-bond donors (Lipinski definition) is 1. The molecule has 0 spiro atoms. The predicted molar refractivity (Wildman–Crippen MR) is 58.5 cm³/mol. The third-order valence-corrected chi connectivity index (χ3v) is 1.95. The third-order valence-electron chi connectivity index (χ3n) is 1.95. The summed E-state index contributed by atoms with van der Waals surface area (Å²) in [5, 5.41) is 13.1. The molecular formula is C10H12N2O4. The van der Waals surface area contributed by atoms with Crippen molar-refractivity contribution in [1.82, 2.24) is 0 Å². The van der Waals surface area contributed by atoms with Crippen molar-refractivity contribution in [3.05, 3.63) is 33.9 Å². The Morgan fingerprint density at radius 2 is 2.25 bits per heavy atom. The molecule has 0 saturated heterocycles. The van der Waals surface area contributed by atoms with Gasteiger partial charge in [-0.15, -0.1) is 0 Å². The smallest absolute Gasteiger partial charge is 0.411 e. The summed E-state index contributed by atoms with van der Waals surface area (Å²) in [6.45, 7) is 3.55. The molecule has 0 radical (unpaired) electrons. The molecule has 6 nitrogen and oxygen atoms in total. The van der Waals surface area contributed by atoms with Crippen LogP contribution in [0.5, 0.6) is 0 Å². The van der Waals surface area contributed by atoms with Gasteiger partial charge in [-0.25, -0.2) is 4.79 Å². The van der Waals surface area contributed by atoms with Crippen LogP contribution in [0.2, 0.25) is 0 Å². The molecule has 16 heavy (non-hydrogen) atoms. The average molecular weight is 224 g/mol. The molecular weight excluding hydrogens is 212 g/mol. The lowest BCUT2D eigenvalue weighted by Gasteiger charge is -2.08. The SMILES string of the molecule is CCOC(=O)Nc1c(C)cccc1[N+](=O)[O-]. The summed E-state index contributed by atoms with van der Waals surface area (Å²) in [5.41, 5.74) is 0.640. The van der Waals surface area contributed by atoms with E-state index in [1.807, 2.05) is 0 Å². The van der Waals surface area contributed by atoms with E-state index in [1.165, 1.54) is 6.07 Å². The Balaban J connectivity index is 3.01. The van der Waals surface area contributed by atoms with Gasteiger partial charge in [-0.05, 0) is 19.4 Å². The van der Waals surface area contributed by atoms with Crippen LogP contribution in [-0.4, -0.2) is 17.6 Å². The lowest BCUT2D eigenvalue weighted by Crippen LogP contribution is -2.15. The van der Waals surface area contributed by atoms with Gasteiger partial charge in [-0.3, -0.25) is 15.4 Å². The number of benzene rings is 1. The van der Waals surface area contributed by atoms with Gasteiger partial charge in [-0.1, -0.05) is 12.1 Å². The fraction of sp³-hybridized carbons (Fsp3) is 0.300. The van der Waals surface area contributed by atoms with Crippen molar-refractivity contribution in [3.63, 3.8) is 0 Å². The maximum Gasteiger partial charge on any atom is 0.411 e. The van der Waals surface area contributed by atoms with Crippen LogP contribution in [0.25, 0.3) is 0 Å². The van der Waals surface area contributed by atoms with Crippen molar-refractivity contribution in [1.29, 1.82) is 0 Å². The lowest BCUT2D eigenvalue weighted by atomic mass is 10.1. The highest BCUT2D eigenvalue weighted by molar-refractivity contribution is 5.89. The third kappa shape index (κ3) is 2.69. The van der Waals surface area contributed by atoms with Crippen molar-refractivity contribution in [2.24, 2.45) is 0 Å². The highest BCUT2D eigenvalue weighted by Crippen LogP contribution is 2.27. The first kappa shape index (κ1) is 12.0. The number of hydrogen-bond acceptors (Lipinski definition) is 4. The van der Waals surface area contributed by atoms with Crippen LogP contribution in [0, 0.1) is 17.0 Å². The van der Waals surface area contributed by atoms with Crippen LogP contribution >= 0.6 is 0 Å². The normalized spacial score (nSPS) is 9.62. The second kappa shape index (κ2) is 5.11. The Hall–Kier alpha value is -2.11. The molecule has 0 unspecified atom stereocenters. The van der Waals surface area contributed by atoms with E-state index in [4.69, 9.17) is 0 Å². The maximum absolute atomic E-state index is 11.2. The number of amides is 1. The molecule has 0 heterocycles. The zero-order valence-electron chi connectivity index (χ0n) is 9.02. The topological polar surface area (TPSA) is 81.5 Å². The van der Waals surface area contributed by atoms with Gasteiger partial charge < -0.3 is 4.74 Å². The molecule has 0 aliphatic carbocycles. The van der Waals surface area contributed by atoms with E-state index in [-0.39, 0.29) is 18.0 Å². The summed E-state index contributed by atoms with van der Waals surface area (Å²) in [5.74, 6) is 0. The Labute approximate surface area is 92.4 Å². The molecule has 1 amide bonds. The molecule has 0 fully saturated rings. The minimum Gasteiger partial charge on any atom is -0.450 e. The first-order valence-corrected chi connectivity index (χ1v) is 4.74. The van der Waals surface area contributed by atoms with E-state index in [9.17, 15) is 14.9 Å². The van der Waals surface area contributed by atoms with Gasteiger partial charge in [0.05, 0.1) is 11.5 Å². The summed E-state index contributed by atoms with van der Waals surface area (Å²) in [7, 11) is 0. The van der Waals surface area contributed by atoms with Gasteiger partial charge in [0.15, 0.2) is 0 Å². The molecule has 1 N–H and O–H groups in total. The number of carbonyl (C=O) groups is 1. The summed E-state index contributed by atoms with van der Waals surface area (Å²) < 4.78 is 4.66. The number of aryl methyl sites for hydroxylation is 1. The standard InChI is InChI=1S/C10H12N2O4/c1-3-16-10(13)11-9-7(2)5-4-6-8(9)12(14)15/h4-6H,3H2,1-2H3,(H,11,13). The highest BCUT2D eigenvalue weighted by atomic mass is 16.6. The Bertz CT molecular complexity index is 417. The average Bonchev–Trinajstić information content (AvgIpc) is 2.21. The summed E-state index contributed by atoms with van der Waals surface area (Å²) >= 11 is 0. The van der Waals surface area contributed by atoms with Crippen molar-refractivity contribution in [2.75, 3.05) is 11.9 Å². The fourth-order valence-electron chi connectivity index (χ4n) is 1.24. The molecule has 0 aliphatic heterocycles. The number of anilines is 1. The van der Waals surface area contributed by atoms with E-state index < -0.39 is 11.0 Å². The Morgan fingerprint density at radius 1 is 1.56 bits per heavy atom. The Morgan fingerprint density at radius 3 is 2.81 bits per heavy atom. The van der Waals surface area contributed by atoms with Crippen molar-refractivity contribution in [3.8, 4) is 0 Å². The van der Waals surface area contributed by atoms with Crippen LogP contribution in [0.15, 0.2) is 18.2 Å². The summed E-state index contributed by atoms with van der Waals surface area (Å²) in [6, 6.07) is 4.56. The minimum atomic E-state index is -0.695. The second-order valence-corrected chi connectivity index (χ2v) is 3.07. The van der Waals surface area contributed by atoms with Crippen molar-refractivity contribution in [2.45, 2.75) is 13.8 Å². The molecule has 1 rings (SSSR count). The molecule has 0 atom stereocenters. The summed E-state index contributed by atoms with van der Waals surface area (Å²) in [6.07, 6.45) is -0.695. The van der Waals surface area contributed by atoms with Crippen LogP contribution < -0.4 is 5.32 Å². The zero-order valence-corrected chi connectivity index (χ0v) is 9.02. The molecule has 0 bridgehead atoms. The molecule has 6 heteroatoms. The van der Waals surface area contributed by atoms with E-state index in [2.05, 4.69) is 10.1 Å². The van der Waals surface area contributed by atoms with Crippen LogP contribution in [0.1, 0.15) is 12.5 Å². The maximum atomic E-state index is 11.2. The van der Waals surface area contributed by atoms with Gasteiger partial charge in [0, 0.05) is 6.07 Å². The summed E-state index contributed by atoms with van der Waals surface area (Å²) in [4.78, 5) is 21.4. The quantitative estimate of drug-likeness (QED) is 0.631. The van der Waals surface area contributed by atoms with E-state index in [0.29, 0.717) is 5.56 Å². The molecule has 86 valence electrons. The first-order valence-electron chi connectivity index (χ1n) is 4.74. The molecule has 1 aromatic rings. The molecule has 1 aromatic carbocycles. The molecule has 0 saturated carbocycles.